The van der Waals surface area contributed by atoms with Gasteiger partial charge in [0.15, 0.2) is 5.78 Å². The Morgan fingerprint density at radius 1 is 1.24 bits per heavy atom. The summed E-state index contributed by atoms with van der Waals surface area (Å²) >= 11 is 6.56. The number of morpholine rings is 1. The van der Waals surface area contributed by atoms with Crippen molar-refractivity contribution >= 4 is 39.9 Å². The van der Waals surface area contributed by atoms with E-state index in [9.17, 15) is 9.90 Å². The normalized spacial score (nSPS) is 21.3. The minimum absolute atomic E-state index is 0.0199. The molecule has 0 unspecified atom stereocenters. The molecule has 3 N–H and O–H groups in total. The first-order valence-electron chi connectivity index (χ1n) is 11.1. The molecule has 2 fully saturated rings. The Labute approximate surface area is 196 Å². The minimum Gasteiger partial charge on any atom is -0.394 e. The second kappa shape index (κ2) is 9.64. The molecule has 174 valence electrons. The molecule has 2 aliphatic rings. The molecule has 0 aliphatic carbocycles. The first-order valence-corrected chi connectivity index (χ1v) is 11.5. The molecule has 0 bridgehead atoms. The molecule has 0 amide bonds. The van der Waals surface area contributed by atoms with Crippen molar-refractivity contribution in [1.29, 1.82) is 0 Å². The number of ether oxygens (including phenoxy) is 2. The summed E-state index contributed by atoms with van der Waals surface area (Å²) in [4.78, 5) is 27.4. The van der Waals surface area contributed by atoms with Crippen molar-refractivity contribution in [1.82, 2.24) is 15.0 Å². The summed E-state index contributed by atoms with van der Waals surface area (Å²) < 4.78 is 11.1. The predicted octanol–water partition coefficient (Wildman–Crippen LogP) is 2.63. The van der Waals surface area contributed by atoms with E-state index in [-0.39, 0.29) is 24.5 Å². The molecule has 2 aliphatic heterocycles. The van der Waals surface area contributed by atoms with Crippen LogP contribution in [0.25, 0.3) is 11.0 Å². The number of aromatic nitrogens is 3. The fraction of sp³-hybridized carbons (Fsp3) is 0.435. The smallest absolute Gasteiger partial charge is 0.196 e. The van der Waals surface area contributed by atoms with Crippen molar-refractivity contribution in [3.8, 4) is 0 Å². The fourth-order valence-electron chi connectivity index (χ4n) is 4.36. The summed E-state index contributed by atoms with van der Waals surface area (Å²) in [5.41, 5.74) is 2.43. The molecule has 1 aromatic carbocycles. The summed E-state index contributed by atoms with van der Waals surface area (Å²) in [7, 11) is 0. The van der Waals surface area contributed by atoms with Crippen molar-refractivity contribution < 1.29 is 19.4 Å². The molecule has 4 heterocycles. The number of aliphatic hydroxyl groups excluding tert-OH is 1. The summed E-state index contributed by atoms with van der Waals surface area (Å²) in [6.45, 7) is 3.42. The van der Waals surface area contributed by atoms with Crippen LogP contribution in [0.1, 0.15) is 28.8 Å². The molecular weight excluding hydrogens is 446 g/mol. The zero-order valence-electron chi connectivity index (χ0n) is 18.1. The lowest BCUT2D eigenvalue weighted by Gasteiger charge is -2.29. The molecule has 2 atom stereocenters. The molecule has 0 spiro atoms. The van der Waals surface area contributed by atoms with Gasteiger partial charge in [-0.05, 0) is 31.0 Å². The second-order valence-corrected chi connectivity index (χ2v) is 8.70. The number of nitrogens with zero attached hydrogens (tertiary/aromatic N) is 3. The number of nitrogens with one attached hydrogen (secondary N) is 2. The number of rotatable bonds is 6. The van der Waals surface area contributed by atoms with Gasteiger partial charge in [-0.15, -0.1) is 0 Å². The molecule has 0 saturated carbocycles. The van der Waals surface area contributed by atoms with Crippen LogP contribution >= 0.6 is 11.6 Å². The largest absolute Gasteiger partial charge is 0.394 e. The van der Waals surface area contributed by atoms with Crippen molar-refractivity contribution in [3.63, 3.8) is 0 Å². The van der Waals surface area contributed by atoms with Gasteiger partial charge in [0, 0.05) is 30.5 Å². The zero-order valence-corrected chi connectivity index (χ0v) is 18.8. The maximum absolute atomic E-state index is 13.5. The highest BCUT2D eigenvalue weighted by molar-refractivity contribution is 6.36. The Kier molecular flexibility index (Phi) is 6.45. The SMILES string of the molecule is O=C(c1ccc(N2CCOCC2)cc1Cl)c1c[nH]c2ncnc(N[C@H]3CC[C@@H](CO)OC3)c12. The van der Waals surface area contributed by atoms with Gasteiger partial charge in [0.05, 0.1) is 54.5 Å². The number of fused-ring (bicyclic) bond motifs is 1. The summed E-state index contributed by atoms with van der Waals surface area (Å²) in [6, 6.07) is 5.56. The third-order valence-corrected chi connectivity index (χ3v) is 6.52. The highest BCUT2D eigenvalue weighted by Gasteiger charge is 2.25. The van der Waals surface area contributed by atoms with Crippen LogP contribution in [0.2, 0.25) is 5.02 Å². The van der Waals surface area contributed by atoms with Crippen LogP contribution in [0.3, 0.4) is 0 Å². The molecule has 0 radical (unpaired) electrons. The number of aliphatic hydroxyl groups is 1. The van der Waals surface area contributed by atoms with Gasteiger partial charge >= 0.3 is 0 Å². The quantitative estimate of drug-likeness (QED) is 0.470. The van der Waals surface area contributed by atoms with E-state index in [0.717, 1.165) is 31.6 Å². The first-order chi connectivity index (χ1) is 16.1. The molecule has 33 heavy (non-hydrogen) atoms. The fourth-order valence-corrected chi connectivity index (χ4v) is 4.62. The molecule has 2 aromatic heterocycles. The number of halogens is 1. The number of carbonyl (C=O) groups is 1. The number of H-pyrrole nitrogens is 1. The number of ketones is 1. The van der Waals surface area contributed by atoms with E-state index in [1.54, 1.807) is 12.3 Å². The lowest BCUT2D eigenvalue weighted by Crippen LogP contribution is -2.36. The first kappa shape index (κ1) is 22.1. The molecule has 9 nitrogen and oxygen atoms in total. The number of hydrogen-bond donors (Lipinski definition) is 3. The van der Waals surface area contributed by atoms with Gasteiger partial charge in [0.2, 0.25) is 0 Å². The van der Waals surface area contributed by atoms with E-state index < -0.39 is 0 Å². The van der Waals surface area contributed by atoms with Gasteiger partial charge in [-0.3, -0.25) is 4.79 Å². The van der Waals surface area contributed by atoms with Crippen molar-refractivity contribution in [2.75, 3.05) is 49.7 Å². The van der Waals surface area contributed by atoms with Crippen LogP contribution in [0.15, 0.2) is 30.7 Å². The number of anilines is 2. The highest BCUT2D eigenvalue weighted by atomic mass is 35.5. The summed E-state index contributed by atoms with van der Waals surface area (Å²) in [6.07, 6.45) is 4.57. The average molecular weight is 472 g/mol. The molecule has 2 saturated heterocycles. The number of carbonyl (C=O) groups excluding carboxylic acids is 1. The van der Waals surface area contributed by atoms with Crippen molar-refractivity contribution in [2.24, 2.45) is 0 Å². The molecule has 10 heteroatoms. The molecule has 5 rings (SSSR count). The van der Waals surface area contributed by atoms with Gasteiger partial charge in [-0.1, -0.05) is 11.6 Å². The maximum Gasteiger partial charge on any atom is 0.196 e. The van der Waals surface area contributed by atoms with Crippen LogP contribution in [-0.2, 0) is 9.47 Å². The highest BCUT2D eigenvalue weighted by Crippen LogP contribution is 2.31. The Morgan fingerprint density at radius 3 is 2.82 bits per heavy atom. The summed E-state index contributed by atoms with van der Waals surface area (Å²) in [5.74, 6) is 0.375. The third kappa shape index (κ3) is 4.54. The zero-order chi connectivity index (χ0) is 22.8. The monoisotopic (exact) mass is 471 g/mol. The van der Waals surface area contributed by atoms with Gasteiger partial charge in [-0.2, -0.15) is 0 Å². The Hall–Kier alpha value is -2.72. The maximum atomic E-state index is 13.5. The second-order valence-electron chi connectivity index (χ2n) is 8.30. The lowest BCUT2D eigenvalue weighted by atomic mass is 10.0. The van der Waals surface area contributed by atoms with Gasteiger partial charge < -0.3 is 29.8 Å². The van der Waals surface area contributed by atoms with E-state index in [1.165, 1.54) is 6.33 Å². The Balaban J connectivity index is 1.41. The van der Waals surface area contributed by atoms with Crippen LogP contribution in [0, 0.1) is 0 Å². The number of aromatic amines is 1. The van der Waals surface area contributed by atoms with Gasteiger partial charge in [0.25, 0.3) is 0 Å². The molecular formula is C23H26ClN5O4. The standard InChI is InChI=1S/C23H26ClN5O4/c24-19-9-15(29-5-7-32-8-6-29)2-4-17(19)21(31)18-10-25-22-20(18)23(27-13-26-22)28-14-1-3-16(11-30)33-12-14/h2,4,9-10,13-14,16,30H,1,3,5-8,11-12H2,(H2,25,26,27,28)/t14-,16-/m0/s1. The van der Waals surface area contributed by atoms with E-state index in [0.29, 0.717) is 52.8 Å². The lowest BCUT2D eigenvalue weighted by molar-refractivity contribution is -0.0224. The average Bonchev–Trinajstić information content (AvgIpc) is 3.30. The van der Waals surface area contributed by atoms with E-state index in [1.807, 2.05) is 12.1 Å². The Bertz CT molecular complexity index is 1140. The van der Waals surface area contributed by atoms with E-state index in [2.05, 4.69) is 25.2 Å². The number of benzene rings is 1. The van der Waals surface area contributed by atoms with Crippen LogP contribution in [-0.4, -0.2) is 77.5 Å². The molecule has 3 aromatic rings. The van der Waals surface area contributed by atoms with Gasteiger partial charge in [-0.25, -0.2) is 9.97 Å². The predicted molar refractivity (Wildman–Crippen MR) is 125 cm³/mol. The topological polar surface area (TPSA) is 113 Å². The van der Waals surface area contributed by atoms with Gasteiger partial charge in [0.1, 0.15) is 17.8 Å². The van der Waals surface area contributed by atoms with Crippen molar-refractivity contribution in [3.05, 3.63) is 46.9 Å². The van der Waals surface area contributed by atoms with E-state index >= 15 is 0 Å². The van der Waals surface area contributed by atoms with Crippen LogP contribution in [0.4, 0.5) is 11.5 Å². The minimum atomic E-state index is -0.196. The number of hydrogen-bond acceptors (Lipinski definition) is 8. The summed E-state index contributed by atoms with van der Waals surface area (Å²) in [5, 5.41) is 13.7. The van der Waals surface area contributed by atoms with E-state index in [4.69, 9.17) is 21.1 Å². The van der Waals surface area contributed by atoms with Crippen LogP contribution < -0.4 is 10.2 Å². The third-order valence-electron chi connectivity index (χ3n) is 6.20. The van der Waals surface area contributed by atoms with Crippen molar-refractivity contribution in [2.45, 2.75) is 25.0 Å². The van der Waals surface area contributed by atoms with Crippen LogP contribution in [0.5, 0.6) is 0 Å². The Morgan fingerprint density at radius 2 is 2.09 bits per heavy atom.